The molecule has 0 aliphatic heterocycles. The fourth-order valence-corrected chi connectivity index (χ4v) is 4.03. The molecule has 0 spiro atoms. The Kier molecular flexibility index (Phi) is 6.44. The maximum absolute atomic E-state index is 14.4. The van der Waals surface area contributed by atoms with Gasteiger partial charge in [0.25, 0.3) is 0 Å². The number of nitrogens with one attached hydrogen (secondary N) is 2. The zero-order valence-corrected chi connectivity index (χ0v) is 18.5. The van der Waals surface area contributed by atoms with E-state index in [4.69, 9.17) is 4.74 Å². The van der Waals surface area contributed by atoms with Crippen LogP contribution in [0.4, 0.5) is 4.39 Å². The van der Waals surface area contributed by atoms with Crippen molar-refractivity contribution in [2.45, 2.75) is 37.6 Å². The third kappa shape index (κ3) is 4.55. The monoisotopic (exact) mass is 524 g/mol. The van der Waals surface area contributed by atoms with Gasteiger partial charge in [0.2, 0.25) is 5.88 Å². The van der Waals surface area contributed by atoms with Crippen LogP contribution in [-0.2, 0) is 0 Å². The second kappa shape index (κ2) is 9.23. The van der Waals surface area contributed by atoms with E-state index in [0.717, 1.165) is 17.5 Å². The lowest BCUT2D eigenvalue weighted by molar-refractivity contribution is 0.0183. The average Bonchev–Trinajstić information content (AvgIpc) is 3.30. The van der Waals surface area contributed by atoms with Gasteiger partial charge < -0.3 is 9.84 Å². The Balaban J connectivity index is 1.46. The fraction of sp³-hybridized carbons (Fsp3) is 0.350. The molecule has 10 heteroatoms. The van der Waals surface area contributed by atoms with Gasteiger partial charge in [0.1, 0.15) is 18.0 Å². The van der Waals surface area contributed by atoms with Gasteiger partial charge in [-0.05, 0) is 36.6 Å². The van der Waals surface area contributed by atoms with E-state index < -0.39 is 12.3 Å². The maximum Gasteiger partial charge on any atom is 0.233 e. The predicted molar refractivity (Wildman–Crippen MR) is 119 cm³/mol. The molecule has 158 valence electrons. The Morgan fingerprint density at radius 1 is 1.23 bits per heavy atom. The molecule has 3 N–H and O–H groups in total. The molecule has 3 atom stereocenters. The first-order valence-electron chi connectivity index (χ1n) is 9.61. The van der Waals surface area contributed by atoms with E-state index in [9.17, 15) is 9.50 Å². The molecule has 1 saturated carbocycles. The van der Waals surface area contributed by atoms with E-state index in [-0.39, 0.29) is 17.7 Å². The van der Waals surface area contributed by atoms with Crippen LogP contribution in [0.1, 0.15) is 19.3 Å². The van der Waals surface area contributed by atoms with Crippen LogP contribution in [0.5, 0.6) is 11.6 Å². The molecule has 2 unspecified atom stereocenters. The van der Waals surface area contributed by atoms with E-state index in [1.54, 1.807) is 36.7 Å². The lowest BCUT2D eigenvalue weighted by Crippen LogP contribution is -2.47. The quantitative estimate of drug-likeness (QED) is 0.257. The van der Waals surface area contributed by atoms with Crippen LogP contribution in [0, 0.1) is 0 Å². The zero-order valence-electron chi connectivity index (χ0n) is 16.3. The standard InChI is InChI=1S/C20H22FIN6O2/c1-28(27-22)14-3-5-16(21)19(9-14)30-20-7-6-17(25-26-20)15-4-2-12(8-18(15)29)13-10-23-24-11-13/h2,4,6-8,10-11,14,16,19,27,29H,3,5,9H2,1H3,(H,23,24)/t14?,16?,19-/m0/s1. The number of halogens is 2. The predicted octanol–water partition coefficient (Wildman–Crippen LogP) is 3.66. The molecule has 1 aliphatic rings. The highest BCUT2D eigenvalue weighted by molar-refractivity contribution is 14.1. The van der Waals surface area contributed by atoms with Crippen molar-refractivity contribution in [1.29, 1.82) is 0 Å². The van der Waals surface area contributed by atoms with Crippen LogP contribution >= 0.6 is 22.9 Å². The minimum Gasteiger partial charge on any atom is -0.507 e. The van der Waals surface area contributed by atoms with Gasteiger partial charge in [-0.2, -0.15) is 8.74 Å². The molecule has 30 heavy (non-hydrogen) atoms. The number of aromatic nitrogens is 4. The number of hydrogen-bond acceptors (Lipinski definition) is 7. The van der Waals surface area contributed by atoms with Crippen molar-refractivity contribution in [2.75, 3.05) is 7.05 Å². The lowest BCUT2D eigenvalue weighted by Gasteiger charge is -2.35. The van der Waals surface area contributed by atoms with Crippen molar-refractivity contribution < 1.29 is 14.2 Å². The second-order valence-electron chi connectivity index (χ2n) is 7.31. The number of hydrazine groups is 1. The largest absolute Gasteiger partial charge is 0.507 e. The highest BCUT2D eigenvalue weighted by atomic mass is 127. The molecular weight excluding hydrogens is 502 g/mol. The van der Waals surface area contributed by atoms with Gasteiger partial charge in [-0.3, -0.25) is 5.10 Å². The van der Waals surface area contributed by atoms with Gasteiger partial charge in [0.05, 0.1) is 11.9 Å². The van der Waals surface area contributed by atoms with Gasteiger partial charge >= 0.3 is 0 Å². The highest BCUT2D eigenvalue weighted by Gasteiger charge is 2.34. The normalized spacial score (nSPS) is 21.7. The molecule has 1 aliphatic carbocycles. The Labute approximate surface area is 187 Å². The Morgan fingerprint density at radius 3 is 2.77 bits per heavy atom. The highest BCUT2D eigenvalue weighted by Crippen LogP contribution is 2.33. The molecule has 2 heterocycles. The molecule has 3 aromatic rings. The first kappa shape index (κ1) is 20.9. The molecule has 1 fully saturated rings. The number of rotatable bonds is 6. The van der Waals surface area contributed by atoms with Crippen LogP contribution in [0.15, 0.2) is 42.7 Å². The van der Waals surface area contributed by atoms with Crippen LogP contribution in [0.2, 0.25) is 0 Å². The molecule has 8 nitrogen and oxygen atoms in total. The van der Waals surface area contributed by atoms with E-state index in [2.05, 4.69) is 46.9 Å². The first-order chi connectivity index (χ1) is 14.5. The van der Waals surface area contributed by atoms with Crippen LogP contribution in [0.3, 0.4) is 0 Å². The summed E-state index contributed by atoms with van der Waals surface area (Å²) in [5, 5.41) is 27.3. The number of phenols is 1. The van der Waals surface area contributed by atoms with E-state index in [0.29, 0.717) is 24.1 Å². The minimum absolute atomic E-state index is 0.0879. The zero-order chi connectivity index (χ0) is 21.1. The number of aromatic amines is 1. The van der Waals surface area contributed by atoms with Crippen LogP contribution in [-0.4, -0.2) is 55.9 Å². The molecule has 0 amide bonds. The van der Waals surface area contributed by atoms with Crippen molar-refractivity contribution >= 4 is 22.9 Å². The number of aromatic hydroxyl groups is 1. The van der Waals surface area contributed by atoms with Crippen molar-refractivity contribution in [1.82, 2.24) is 29.0 Å². The summed E-state index contributed by atoms with van der Waals surface area (Å²) in [7, 11) is 1.94. The topological polar surface area (TPSA) is 99.2 Å². The van der Waals surface area contributed by atoms with Gasteiger partial charge in [-0.1, -0.05) is 6.07 Å². The number of H-pyrrole nitrogens is 1. The molecular formula is C20H22FIN6O2. The third-order valence-electron chi connectivity index (χ3n) is 5.38. The fourth-order valence-electron chi connectivity index (χ4n) is 3.63. The number of phenolic OH excluding ortho intramolecular Hbond substituents is 1. The number of ether oxygens (including phenoxy) is 1. The number of hydrogen-bond donors (Lipinski definition) is 3. The Bertz CT molecular complexity index is 972. The SMILES string of the molecule is CN(NI)C1CCC(F)[C@@H](Oc2ccc(-c3ccc(-c4cn[nH]c4)cc3O)nn2)C1. The van der Waals surface area contributed by atoms with E-state index >= 15 is 0 Å². The van der Waals surface area contributed by atoms with Gasteiger partial charge in [0, 0.05) is 65.8 Å². The van der Waals surface area contributed by atoms with Gasteiger partial charge in [-0.25, -0.2) is 9.40 Å². The summed E-state index contributed by atoms with van der Waals surface area (Å²) in [5.74, 6) is 0.358. The van der Waals surface area contributed by atoms with Crippen molar-refractivity contribution in [3.63, 3.8) is 0 Å². The van der Waals surface area contributed by atoms with E-state index in [1.807, 2.05) is 18.1 Å². The van der Waals surface area contributed by atoms with E-state index in [1.165, 1.54) is 0 Å². The summed E-state index contributed by atoms with van der Waals surface area (Å²) in [6, 6.07) is 8.86. The average molecular weight is 524 g/mol. The maximum atomic E-state index is 14.4. The summed E-state index contributed by atoms with van der Waals surface area (Å²) in [4.78, 5) is 0. The summed E-state index contributed by atoms with van der Waals surface area (Å²) in [6.07, 6.45) is 3.61. The molecule has 0 saturated heterocycles. The van der Waals surface area contributed by atoms with Gasteiger partial charge in [0.15, 0.2) is 0 Å². The molecule has 4 rings (SSSR count). The van der Waals surface area contributed by atoms with Crippen LogP contribution in [0.25, 0.3) is 22.4 Å². The summed E-state index contributed by atoms with van der Waals surface area (Å²) in [6.45, 7) is 0. The third-order valence-corrected chi connectivity index (χ3v) is 6.14. The number of benzene rings is 1. The lowest BCUT2D eigenvalue weighted by atomic mass is 9.91. The number of nitrogens with zero attached hydrogens (tertiary/aromatic N) is 4. The Morgan fingerprint density at radius 2 is 2.10 bits per heavy atom. The summed E-state index contributed by atoms with van der Waals surface area (Å²) >= 11 is 2.06. The summed E-state index contributed by atoms with van der Waals surface area (Å²) < 4.78 is 23.2. The molecule has 2 aromatic heterocycles. The Hall–Kier alpha value is -2.31. The smallest absolute Gasteiger partial charge is 0.233 e. The minimum atomic E-state index is -1.04. The van der Waals surface area contributed by atoms with Crippen molar-refractivity contribution in [2.24, 2.45) is 0 Å². The number of alkyl halides is 1. The molecule has 0 radical (unpaired) electrons. The van der Waals surface area contributed by atoms with Crippen molar-refractivity contribution in [3.05, 3.63) is 42.7 Å². The first-order valence-corrected chi connectivity index (χ1v) is 10.7. The molecule has 1 aromatic carbocycles. The summed E-state index contributed by atoms with van der Waals surface area (Å²) in [5.41, 5.74) is 2.77. The van der Waals surface area contributed by atoms with Gasteiger partial charge in [-0.15, -0.1) is 10.2 Å². The van der Waals surface area contributed by atoms with Crippen molar-refractivity contribution in [3.8, 4) is 34.0 Å². The molecule has 0 bridgehead atoms. The van der Waals surface area contributed by atoms with Crippen LogP contribution < -0.4 is 8.38 Å². The second-order valence-corrected chi connectivity index (χ2v) is 7.79.